The van der Waals surface area contributed by atoms with Gasteiger partial charge in [-0.1, -0.05) is 25.4 Å². The van der Waals surface area contributed by atoms with E-state index < -0.39 is 17.7 Å². The van der Waals surface area contributed by atoms with Crippen molar-refractivity contribution in [1.82, 2.24) is 5.32 Å². The predicted molar refractivity (Wildman–Crippen MR) is 109 cm³/mol. The number of halogens is 1. The van der Waals surface area contributed by atoms with Crippen LogP contribution in [0.1, 0.15) is 40.2 Å². The van der Waals surface area contributed by atoms with Gasteiger partial charge in [-0.2, -0.15) is 0 Å². The molecule has 0 fully saturated rings. The number of methoxy groups -OCH3 is 1. The number of esters is 1. The van der Waals surface area contributed by atoms with Gasteiger partial charge in [0.05, 0.1) is 23.5 Å². The number of carbonyl (C=O) groups excluding carboxylic acids is 2. The molecule has 1 rings (SSSR count). The molecule has 5 N–H and O–H groups in total. The molecule has 9 heteroatoms. The summed E-state index contributed by atoms with van der Waals surface area (Å²) in [5.74, 6) is -0.796. The lowest BCUT2D eigenvalue weighted by molar-refractivity contribution is -0.132. The molecule has 0 aromatic heterocycles. The molecule has 152 valence electrons. The Hall–Kier alpha value is -2.48. The molecule has 0 radical (unpaired) electrons. The van der Waals surface area contributed by atoms with Gasteiger partial charge in [0, 0.05) is 18.7 Å². The van der Waals surface area contributed by atoms with Crippen LogP contribution in [0.2, 0.25) is 5.02 Å². The normalized spacial score (nSPS) is 10.2. The lowest BCUT2D eigenvalue weighted by Crippen LogP contribution is -2.35. The fourth-order valence-electron chi connectivity index (χ4n) is 1.85. The summed E-state index contributed by atoms with van der Waals surface area (Å²) in [6.45, 7) is 9.82. The predicted octanol–water partition coefficient (Wildman–Crippen LogP) is 3.43. The zero-order chi connectivity index (χ0) is 21.2. The highest BCUT2D eigenvalue weighted by Crippen LogP contribution is 2.32. The number of hydrogen-bond donors (Lipinski definition) is 4. The van der Waals surface area contributed by atoms with Crippen LogP contribution < -0.4 is 16.4 Å². The summed E-state index contributed by atoms with van der Waals surface area (Å²) < 4.78 is 9.68. The Kier molecular flexibility index (Phi) is 10.2. The van der Waals surface area contributed by atoms with Crippen LogP contribution in [0.15, 0.2) is 12.1 Å². The largest absolute Gasteiger partial charge is 0.464 e. The molecule has 0 aliphatic carbocycles. The Bertz CT molecular complexity index is 672. The van der Waals surface area contributed by atoms with Crippen LogP contribution in [0, 0.1) is 5.41 Å². The maximum Gasteiger partial charge on any atom is 0.407 e. The Morgan fingerprint density at radius 1 is 1.22 bits per heavy atom. The molecular weight excluding hydrogens is 372 g/mol. The first-order valence-corrected chi connectivity index (χ1v) is 8.90. The Balaban J connectivity index is 0.00000326. The third-order valence-corrected chi connectivity index (χ3v) is 3.33. The fraction of sp³-hybridized carbons (Fsp3) is 0.500. The zero-order valence-corrected chi connectivity index (χ0v) is 17.4. The first-order chi connectivity index (χ1) is 12.6. The van der Waals surface area contributed by atoms with Crippen molar-refractivity contribution < 1.29 is 19.1 Å². The monoisotopic (exact) mass is 400 g/mol. The number of benzene rings is 1. The summed E-state index contributed by atoms with van der Waals surface area (Å²) in [6, 6.07) is 3.00. The lowest BCUT2D eigenvalue weighted by Gasteiger charge is -2.20. The highest BCUT2D eigenvalue weighted by Gasteiger charge is 2.20. The highest BCUT2D eigenvalue weighted by molar-refractivity contribution is 6.45. The number of carbonyl (C=O) groups is 2. The molecule has 0 aliphatic rings. The standard InChI is InChI=1S/C16H23ClN4O4.C2H6/c1-16(2,3)25-15(23)21-8-7-20-13-9(12(19)14(22)24-4)5-6-10(18)11(13)17;1-2/h5-6,19-20H,7-8,18H2,1-4H3,(H,21,23);1-2H3. The topological polar surface area (TPSA) is 127 Å². The van der Waals surface area contributed by atoms with Crippen molar-refractivity contribution in [1.29, 1.82) is 5.41 Å². The molecule has 27 heavy (non-hydrogen) atoms. The number of nitrogens with one attached hydrogen (secondary N) is 3. The van der Waals surface area contributed by atoms with Crippen LogP contribution in [-0.2, 0) is 14.3 Å². The molecule has 0 saturated heterocycles. The van der Waals surface area contributed by atoms with Gasteiger partial charge in [0.2, 0.25) is 0 Å². The second-order valence-corrected chi connectivity index (χ2v) is 6.49. The van der Waals surface area contributed by atoms with E-state index in [1.54, 1.807) is 20.8 Å². The van der Waals surface area contributed by atoms with Crippen LogP contribution in [-0.4, -0.2) is 43.6 Å². The van der Waals surface area contributed by atoms with Gasteiger partial charge in [0.25, 0.3) is 0 Å². The lowest BCUT2D eigenvalue weighted by atomic mass is 10.1. The molecule has 8 nitrogen and oxygen atoms in total. The minimum Gasteiger partial charge on any atom is -0.464 e. The van der Waals surface area contributed by atoms with Gasteiger partial charge in [0.1, 0.15) is 11.3 Å². The zero-order valence-electron chi connectivity index (χ0n) is 16.7. The van der Waals surface area contributed by atoms with Gasteiger partial charge in [-0.15, -0.1) is 0 Å². The van der Waals surface area contributed by atoms with E-state index in [2.05, 4.69) is 15.4 Å². The first kappa shape index (κ1) is 24.5. The van der Waals surface area contributed by atoms with E-state index in [9.17, 15) is 9.59 Å². The van der Waals surface area contributed by atoms with Crippen molar-refractivity contribution in [3.63, 3.8) is 0 Å². The molecule has 0 bridgehead atoms. The molecule has 1 aromatic rings. The Morgan fingerprint density at radius 3 is 2.33 bits per heavy atom. The van der Waals surface area contributed by atoms with Crippen LogP contribution >= 0.6 is 11.6 Å². The molecular formula is C18H29ClN4O4. The van der Waals surface area contributed by atoms with Crippen LogP contribution in [0.3, 0.4) is 0 Å². The van der Waals surface area contributed by atoms with Crippen molar-refractivity contribution in [2.75, 3.05) is 31.2 Å². The fourth-order valence-corrected chi connectivity index (χ4v) is 2.08. The van der Waals surface area contributed by atoms with Gasteiger partial charge in [-0.3, -0.25) is 5.41 Å². The quantitative estimate of drug-likeness (QED) is 0.251. The van der Waals surface area contributed by atoms with Gasteiger partial charge >= 0.3 is 12.1 Å². The Labute approximate surface area is 165 Å². The van der Waals surface area contributed by atoms with E-state index in [1.807, 2.05) is 13.8 Å². The van der Waals surface area contributed by atoms with E-state index in [1.165, 1.54) is 19.2 Å². The minimum atomic E-state index is -0.796. The smallest absolute Gasteiger partial charge is 0.407 e. The van der Waals surface area contributed by atoms with Crippen molar-refractivity contribution in [3.05, 3.63) is 22.7 Å². The maximum absolute atomic E-state index is 11.6. The van der Waals surface area contributed by atoms with E-state index >= 15 is 0 Å². The maximum atomic E-state index is 11.6. The van der Waals surface area contributed by atoms with Gasteiger partial charge < -0.3 is 25.8 Å². The number of amides is 1. The van der Waals surface area contributed by atoms with E-state index in [-0.39, 0.29) is 29.4 Å². The van der Waals surface area contributed by atoms with Crippen molar-refractivity contribution >= 4 is 40.7 Å². The average molecular weight is 401 g/mol. The molecule has 0 unspecified atom stereocenters. The van der Waals surface area contributed by atoms with E-state index in [0.717, 1.165) is 0 Å². The van der Waals surface area contributed by atoms with Crippen molar-refractivity contribution in [2.45, 2.75) is 40.2 Å². The molecule has 0 aliphatic heterocycles. The molecule has 1 aromatic carbocycles. The molecule has 0 atom stereocenters. The number of ether oxygens (including phenoxy) is 2. The number of rotatable bonds is 6. The third kappa shape index (κ3) is 8.17. The second-order valence-electron chi connectivity index (χ2n) is 6.11. The molecule has 0 spiro atoms. The van der Waals surface area contributed by atoms with Crippen LogP contribution in [0.25, 0.3) is 0 Å². The van der Waals surface area contributed by atoms with E-state index in [4.69, 9.17) is 27.5 Å². The number of hydrogen-bond acceptors (Lipinski definition) is 7. The second kappa shape index (κ2) is 11.3. The average Bonchev–Trinajstić information content (AvgIpc) is 2.61. The molecule has 0 saturated carbocycles. The summed E-state index contributed by atoms with van der Waals surface area (Å²) in [6.07, 6.45) is -0.546. The summed E-state index contributed by atoms with van der Waals surface area (Å²) >= 11 is 6.17. The first-order valence-electron chi connectivity index (χ1n) is 8.52. The van der Waals surface area contributed by atoms with E-state index in [0.29, 0.717) is 11.4 Å². The van der Waals surface area contributed by atoms with Gasteiger partial charge in [-0.05, 0) is 32.9 Å². The number of alkyl carbamates (subject to hydrolysis) is 1. The summed E-state index contributed by atoms with van der Waals surface area (Å²) in [5.41, 5.74) is 5.70. The van der Waals surface area contributed by atoms with Crippen LogP contribution in [0.5, 0.6) is 0 Å². The minimum absolute atomic E-state index is 0.184. The van der Waals surface area contributed by atoms with Crippen molar-refractivity contribution in [3.8, 4) is 0 Å². The van der Waals surface area contributed by atoms with Crippen molar-refractivity contribution in [2.24, 2.45) is 0 Å². The SMILES string of the molecule is CC.COC(=O)C(=N)c1ccc(N)c(Cl)c1NCCNC(=O)OC(C)(C)C. The third-order valence-electron chi connectivity index (χ3n) is 2.93. The number of anilines is 2. The Morgan fingerprint density at radius 2 is 1.81 bits per heavy atom. The highest BCUT2D eigenvalue weighted by atomic mass is 35.5. The summed E-state index contributed by atoms with van der Waals surface area (Å²) in [7, 11) is 1.19. The summed E-state index contributed by atoms with van der Waals surface area (Å²) in [5, 5.41) is 13.6. The number of nitrogen functional groups attached to an aromatic ring is 1. The summed E-state index contributed by atoms with van der Waals surface area (Å²) in [4.78, 5) is 23.2. The molecule has 0 heterocycles. The van der Waals surface area contributed by atoms with Crippen LogP contribution in [0.4, 0.5) is 16.2 Å². The molecule has 1 amide bonds. The van der Waals surface area contributed by atoms with Gasteiger partial charge in [-0.25, -0.2) is 9.59 Å². The van der Waals surface area contributed by atoms with Gasteiger partial charge in [0.15, 0.2) is 0 Å². The number of nitrogens with two attached hydrogens (primary N) is 1.